The zero-order chi connectivity index (χ0) is 19.2. The van der Waals surface area contributed by atoms with Gasteiger partial charge in [0.25, 0.3) is 0 Å². The summed E-state index contributed by atoms with van der Waals surface area (Å²) in [5, 5.41) is 0. The van der Waals surface area contributed by atoms with Gasteiger partial charge in [-0.25, -0.2) is 0 Å². The van der Waals surface area contributed by atoms with Crippen LogP contribution in [-0.4, -0.2) is 17.4 Å². The number of pyridine rings is 1. The molecule has 1 aromatic heterocycles. The molecule has 0 aliphatic heterocycles. The second-order valence-electron chi connectivity index (χ2n) is 6.72. The molecule has 0 aliphatic carbocycles. The Bertz CT molecular complexity index is 894. The van der Waals surface area contributed by atoms with E-state index in [0.717, 1.165) is 22.5 Å². The number of hydrogen-bond donors (Lipinski definition) is 1. The monoisotopic (exact) mass is 359 g/mol. The summed E-state index contributed by atoms with van der Waals surface area (Å²) < 4.78 is 0. The number of aromatic nitrogens is 1. The van der Waals surface area contributed by atoms with Crippen LogP contribution in [-0.2, 0) is 11.2 Å². The van der Waals surface area contributed by atoms with Crippen LogP contribution in [0.3, 0.4) is 0 Å². The molecule has 4 nitrogen and oxygen atoms in total. The third-order valence-corrected chi connectivity index (χ3v) is 4.81. The predicted octanol–water partition coefficient (Wildman–Crippen LogP) is 3.97. The number of anilines is 1. The Morgan fingerprint density at radius 1 is 1.00 bits per heavy atom. The lowest BCUT2D eigenvalue weighted by Crippen LogP contribution is -2.40. The van der Waals surface area contributed by atoms with Crippen LogP contribution in [0, 0.1) is 13.8 Å². The molecule has 0 spiro atoms. The summed E-state index contributed by atoms with van der Waals surface area (Å²) in [4.78, 5) is 19.4. The molecule has 0 bridgehead atoms. The fourth-order valence-electron chi connectivity index (χ4n) is 3.00. The minimum absolute atomic E-state index is 0.111. The highest BCUT2D eigenvalue weighted by Gasteiger charge is 2.24. The van der Waals surface area contributed by atoms with E-state index < -0.39 is 6.04 Å². The van der Waals surface area contributed by atoms with Crippen LogP contribution in [0.5, 0.6) is 0 Å². The Morgan fingerprint density at radius 2 is 1.74 bits per heavy atom. The average molecular weight is 359 g/mol. The molecule has 4 heteroatoms. The summed E-state index contributed by atoms with van der Waals surface area (Å²) in [6.07, 6.45) is 2.44. The Kier molecular flexibility index (Phi) is 5.99. The second kappa shape index (κ2) is 8.60. The zero-order valence-corrected chi connectivity index (χ0v) is 15.8. The van der Waals surface area contributed by atoms with E-state index in [-0.39, 0.29) is 5.91 Å². The van der Waals surface area contributed by atoms with E-state index >= 15 is 0 Å². The number of carbonyl (C=O) groups is 1. The van der Waals surface area contributed by atoms with E-state index in [9.17, 15) is 4.79 Å². The lowest BCUT2D eigenvalue weighted by molar-refractivity contribution is -0.120. The molecule has 0 radical (unpaired) electrons. The number of carbonyl (C=O) groups excluding carboxylic acids is 1. The summed E-state index contributed by atoms with van der Waals surface area (Å²) in [5.41, 5.74) is 11.3. The van der Waals surface area contributed by atoms with Crippen LogP contribution in [0.15, 0.2) is 72.9 Å². The molecule has 138 valence electrons. The van der Waals surface area contributed by atoms with Crippen molar-refractivity contribution in [2.75, 3.05) is 11.4 Å². The van der Waals surface area contributed by atoms with Gasteiger partial charge in [0.15, 0.2) is 0 Å². The van der Waals surface area contributed by atoms with Crippen LogP contribution in [0.2, 0.25) is 0 Å². The molecule has 3 aromatic rings. The molecule has 1 amide bonds. The summed E-state index contributed by atoms with van der Waals surface area (Å²) >= 11 is 0. The van der Waals surface area contributed by atoms with Crippen LogP contribution < -0.4 is 10.6 Å². The van der Waals surface area contributed by atoms with Crippen molar-refractivity contribution in [1.29, 1.82) is 0 Å². The van der Waals surface area contributed by atoms with E-state index in [4.69, 9.17) is 5.73 Å². The molecule has 0 saturated carbocycles. The number of rotatable bonds is 6. The Balaban J connectivity index is 1.88. The van der Waals surface area contributed by atoms with Crippen molar-refractivity contribution in [1.82, 2.24) is 4.98 Å². The largest absolute Gasteiger partial charge is 0.316 e. The minimum Gasteiger partial charge on any atom is -0.316 e. The topological polar surface area (TPSA) is 59.2 Å². The quantitative estimate of drug-likeness (QED) is 0.724. The molecule has 0 unspecified atom stereocenters. The highest BCUT2D eigenvalue weighted by Crippen LogP contribution is 2.23. The maximum absolute atomic E-state index is 13.2. The van der Waals surface area contributed by atoms with Crippen molar-refractivity contribution >= 4 is 11.6 Å². The van der Waals surface area contributed by atoms with Gasteiger partial charge >= 0.3 is 0 Å². The zero-order valence-electron chi connectivity index (χ0n) is 15.8. The Hall–Kier alpha value is -2.98. The van der Waals surface area contributed by atoms with Crippen molar-refractivity contribution in [2.24, 2.45) is 5.73 Å². The number of hydrogen-bond acceptors (Lipinski definition) is 3. The first kappa shape index (κ1) is 18.8. The van der Waals surface area contributed by atoms with Gasteiger partial charge in [-0.15, -0.1) is 0 Å². The molecule has 0 fully saturated rings. The van der Waals surface area contributed by atoms with Gasteiger partial charge < -0.3 is 10.6 Å². The normalized spacial score (nSPS) is 11.8. The van der Waals surface area contributed by atoms with Gasteiger partial charge in [-0.05, 0) is 54.8 Å². The lowest BCUT2D eigenvalue weighted by atomic mass is 10.0. The third kappa shape index (κ3) is 4.60. The summed E-state index contributed by atoms with van der Waals surface area (Å²) in [5.74, 6) is -0.111. The molecular formula is C23H25N3O. The second-order valence-corrected chi connectivity index (χ2v) is 6.72. The van der Waals surface area contributed by atoms with E-state index in [1.165, 1.54) is 5.56 Å². The smallest absolute Gasteiger partial charge is 0.248 e. The molecule has 2 aromatic carbocycles. The van der Waals surface area contributed by atoms with Gasteiger partial charge in [-0.3, -0.25) is 9.78 Å². The highest BCUT2D eigenvalue weighted by molar-refractivity contribution is 5.97. The lowest BCUT2D eigenvalue weighted by Gasteiger charge is -2.26. The number of benzene rings is 2. The van der Waals surface area contributed by atoms with E-state index in [1.54, 1.807) is 11.1 Å². The molecular weight excluding hydrogens is 334 g/mol. The summed E-state index contributed by atoms with van der Waals surface area (Å²) in [6, 6.07) is 20.7. The molecule has 2 N–H and O–H groups in total. The van der Waals surface area contributed by atoms with Crippen molar-refractivity contribution < 1.29 is 4.79 Å². The molecule has 1 atom stereocenters. The van der Waals surface area contributed by atoms with Crippen LogP contribution in [0.25, 0.3) is 0 Å². The first-order valence-electron chi connectivity index (χ1n) is 9.15. The van der Waals surface area contributed by atoms with Gasteiger partial charge in [0, 0.05) is 30.5 Å². The number of nitrogens with zero attached hydrogens (tertiary/aromatic N) is 2. The molecule has 1 heterocycles. The third-order valence-electron chi connectivity index (χ3n) is 4.81. The van der Waals surface area contributed by atoms with Gasteiger partial charge in [0.2, 0.25) is 5.91 Å². The fraction of sp³-hybridized carbons (Fsp3) is 0.217. The van der Waals surface area contributed by atoms with Gasteiger partial charge in [0.05, 0.1) is 0 Å². The van der Waals surface area contributed by atoms with E-state index in [1.807, 2.05) is 66.7 Å². The van der Waals surface area contributed by atoms with Crippen LogP contribution in [0.1, 0.15) is 28.4 Å². The minimum atomic E-state index is -0.698. The van der Waals surface area contributed by atoms with Crippen LogP contribution >= 0.6 is 0 Å². The van der Waals surface area contributed by atoms with Gasteiger partial charge in [0.1, 0.15) is 6.04 Å². The maximum Gasteiger partial charge on any atom is 0.248 e. The van der Waals surface area contributed by atoms with Crippen molar-refractivity contribution in [2.45, 2.75) is 26.3 Å². The first-order chi connectivity index (χ1) is 13.1. The highest BCUT2D eigenvalue weighted by atomic mass is 16.2. The SMILES string of the molecule is Cc1ccc(N(CCc2ccccn2)C(=O)[C@@H](N)c2ccccc2)cc1C. The number of amides is 1. The van der Waals surface area contributed by atoms with Crippen molar-refractivity contribution in [3.63, 3.8) is 0 Å². The van der Waals surface area contributed by atoms with E-state index in [0.29, 0.717) is 13.0 Å². The van der Waals surface area contributed by atoms with Gasteiger partial charge in [-0.1, -0.05) is 42.5 Å². The van der Waals surface area contributed by atoms with E-state index in [2.05, 4.69) is 18.8 Å². The Labute approximate surface area is 160 Å². The fourth-order valence-corrected chi connectivity index (χ4v) is 3.00. The average Bonchev–Trinajstić information content (AvgIpc) is 2.71. The van der Waals surface area contributed by atoms with Crippen molar-refractivity contribution in [3.8, 4) is 0 Å². The maximum atomic E-state index is 13.2. The first-order valence-corrected chi connectivity index (χ1v) is 9.15. The summed E-state index contributed by atoms with van der Waals surface area (Å²) in [6.45, 7) is 4.64. The molecule has 0 aliphatic rings. The van der Waals surface area contributed by atoms with Crippen molar-refractivity contribution in [3.05, 3.63) is 95.3 Å². The van der Waals surface area contributed by atoms with Crippen LogP contribution in [0.4, 0.5) is 5.69 Å². The molecule has 3 rings (SSSR count). The standard InChI is InChI=1S/C23H25N3O/c1-17-11-12-21(16-18(17)2)26(15-13-20-10-6-7-14-25-20)23(27)22(24)19-8-4-3-5-9-19/h3-12,14,16,22H,13,15,24H2,1-2H3/t22-/m0/s1. The molecule has 27 heavy (non-hydrogen) atoms. The number of aryl methyl sites for hydroxylation is 2. The van der Waals surface area contributed by atoms with Gasteiger partial charge in [-0.2, -0.15) is 0 Å². The summed E-state index contributed by atoms with van der Waals surface area (Å²) in [7, 11) is 0. The predicted molar refractivity (Wildman–Crippen MR) is 110 cm³/mol. The Morgan fingerprint density at radius 3 is 2.41 bits per heavy atom. The molecule has 0 saturated heterocycles. The number of nitrogens with two attached hydrogens (primary N) is 1.